The van der Waals surface area contributed by atoms with Crippen LogP contribution in [0.1, 0.15) is 20.3 Å². The van der Waals surface area contributed by atoms with Gasteiger partial charge in [-0.15, -0.1) is 0 Å². The molecule has 14 heavy (non-hydrogen) atoms. The third kappa shape index (κ3) is 5.57. The summed E-state index contributed by atoms with van der Waals surface area (Å²) < 4.78 is 24.7. The first-order valence-electron chi connectivity index (χ1n) is 4.98. The molecule has 0 fully saturated rings. The zero-order chi connectivity index (χ0) is 11.2. The fraction of sp³-hybridized carbons (Fsp3) is 1.00. The zero-order valence-corrected chi connectivity index (χ0v) is 10.4. The van der Waals surface area contributed by atoms with Gasteiger partial charge >= 0.3 is 0 Å². The summed E-state index contributed by atoms with van der Waals surface area (Å²) in [5.41, 5.74) is 0. The lowest BCUT2D eigenvalue weighted by Crippen LogP contribution is -2.32. The van der Waals surface area contributed by atoms with Crippen LogP contribution in [-0.4, -0.2) is 45.7 Å². The van der Waals surface area contributed by atoms with E-state index in [4.69, 9.17) is 0 Å². The van der Waals surface area contributed by atoms with Gasteiger partial charge in [0.15, 0.2) is 0 Å². The van der Waals surface area contributed by atoms with E-state index in [2.05, 4.69) is 5.32 Å². The largest absolute Gasteiger partial charge is 0.320 e. The Morgan fingerprint density at radius 3 is 2.36 bits per heavy atom. The third-order valence-corrected chi connectivity index (χ3v) is 4.14. The molecule has 0 bridgehead atoms. The topological polar surface area (TPSA) is 49.4 Å². The molecule has 0 saturated carbocycles. The highest BCUT2D eigenvalue weighted by Gasteiger charge is 2.18. The van der Waals surface area contributed by atoms with E-state index < -0.39 is 10.0 Å². The highest BCUT2D eigenvalue weighted by molar-refractivity contribution is 7.89. The first-order valence-corrected chi connectivity index (χ1v) is 6.59. The lowest BCUT2D eigenvalue weighted by molar-refractivity contribution is 0.452. The monoisotopic (exact) mass is 222 g/mol. The maximum Gasteiger partial charge on any atom is 0.214 e. The van der Waals surface area contributed by atoms with Crippen LogP contribution in [0.2, 0.25) is 0 Å². The molecule has 0 aliphatic heterocycles. The van der Waals surface area contributed by atoms with E-state index in [0.717, 1.165) is 13.0 Å². The average molecular weight is 222 g/mol. The minimum absolute atomic E-state index is 0.187. The number of hydrogen-bond acceptors (Lipinski definition) is 3. The summed E-state index contributed by atoms with van der Waals surface area (Å²) >= 11 is 0. The lowest BCUT2D eigenvalue weighted by atomic mass is 10.3. The molecule has 0 aromatic rings. The number of hydrogen-bond donors (Lipinski definition) is 1. The Morgan fingerprint density at radius 2 is 1.93 bits per heavy atom. The van der Waals surface area contributed by atoms with Crippen LogP contribution in [0.15, 0.2) is 0 Å². The van der Waals surface area contributed by atoms with Crippen LogP contribution in [0.3, 0.4) is 0 Å². The molecule has 0 atom stereocenters. The Morgan fingerprint density at radius 1 is 1.36 bits per heavy atom. The van der Waals surface area contributed by atoms with E-state index in [1.165, 1.54) is 4.31 Å². The summed E-state index contributed by atoms with van der Waals surface area (Å²) in [5.74, 6) is 0.426. The number of sulfonamides is 1. The fourth-order valence-corrected chi connectivity index (χ4v) is 2.67. The Bertz CT molecular complexity index is 237. The molecular formula is C9H22N2O2S. The molecule has 0 amide bonds. The SMILES string of the molecule is CNCCCN(C)S(=O)(=O)CC(C)C. The van der Waals surface area contributed by atoms with Gasteiger partial charge in [0.05, 0.1) is 5.75 Å². The van der Waals surface area contributed by atoms with Crippen molar-refractivity contribution in [2.75, 3.05) is 32.9 Å². The van der Waals surface area contributed by atoms with Crippen molar-refractivity contribution in [2.45, 2.75) is 20.3 Å². The summed E-state index contributed by atoms with van der Waals surface area (Å²) in [6.07, 6.45) is 0.852. The van der Waals surface area contributed by atoms with Gasteiger partial charge in [0.2, 0.25) is 10.0 Å². The predicted octanol–water partition coefficient (Wildman–Crippen LogP) is 0.513. The van der Waals surface area contributed by atoms with E-state index in [0.29, 0.717) is 6.54 Å². The number of nitrogens with one attached hydrogen (secondary N) is 1. The third-order valence-electron chi connectivity index (χ3n) is 1.92. The van der Waals surface area contributed by atoms with Crippen molar-refractivity contribution in [3.63, 3.8) is 0 Å². The van der Waals surface area contributed by atoms with Crippen molar-refractivity contribution < 1.29 is 8.42 Å². The van der Waals surface area contributed by atoms with E-state index in [1.807, 2.05) is 20.9 Å². The number of rotatable bonds is 7. The summed E-state index contributed by atoms with van der Waals surface area (Å²) in [6.45, 7) is 5.27. The molecule has 0 spiro atoms. The van der Waals surface area contributed by atoms with Gasteiger partial charge in [-0.2, -0.15) is 0 Å². The average Bonchev–Trinajstić information content (AvgIpc) is 2.02. The minimum atomic E-state index is -3.03. The Hall–Kier alpha value is -0.130. The summed E-state index contributed by atoms with van der Waals surface area (Å²) in [6, 6.07) is 0. The molecule has 0 radical (unpaired) electrons. The standard InChI is InChI=1S/C9H22N2O2S/c1-9(2)8-14(12,13)11(4)7-5-6-10-3/h9-10H,5-8H2,1-4H3. The van der Waals surface area contributed by atoms with Gasteiger partial charge < -0.3 is 5.32 Å². The molecule has 0 aromatic carbocycles. The Labute approximate surface area is 87.7 Å². The lowest BCUT2D eigenvalue weighted by Gasteiger charge is -2.18. The molecule has 86 valence electrons. The van der Waals surface area contributed by atoms with Crippen molar-refractivity contribution >= 4 is 10.0 Å². The molecule has 5 heteroatoms. The summed E-state index contributed by atoms with van der Waals surface area (Å²) in [4.78, 5) is 0. The quantitative estimate of drug-likeness (QED) is 0.639. The fourth-order valence-electron chi connectivity index (χ4n) is 1.17. The van der Waals surface area contributed by atoms with Crippen LogP contribution < -0.4 is 5.32 Å². The second-order valence-corrected chi connectivity index (χ2v) is 6.07. The van der Waals surface area contributed by atoms with Crippen molar-refractivity contribution in [1.82, 2.24) is 9.62 Å². The van der Waals surface area contributed by atoms with Gasteiger partial charge in [-0.05, 0) is 25.9 Å². The Balaban J connectivity index is 4.02. The van der Waals surface area contributed by atoms with Crippen molar-refractivity contribution in [1.29, 1.82) is 0 Å². The van der Waals surface area contributed by atoms with Crippen molar-refractivity contribution in [3.05, 3.63) is 0 Å². The highest BCUT2D eigenvalue weighted by Crippen LogP contribution is 2.05. The molecule has 0 aliphatic rings. The second-order valence-electron chi connectivity index (χ2n) is 3.95. The van der Waals surface area contributed by atoms with Crippen LogP contribution in [0.4, 0.5) is 0 Å². The molecule has 0 heterocycles. The highest BCUT2D eigenvalue weighted by atomic mass is 32.2. The second kappa shape index (κ2) is 6.37. The van der Waals surface area contributed by atoms with Crippen LogP contribution in [0.5, 0.6) is 0 Å². The van der Waals surface area contributed by atoms with Crippen LogP contribution >= 0.6 is 0 Å². The Kier molecular flexibility index (Phi) is 6.31. The molecule has 0 unspecified atom stereocenters. The molecule has 0 aromatic heterocycles. The van der Waals surface area contributed by atoms with E-state index >= 15 is 0 Å². The molecule has 0 saturated heterocycles. The first-order chi connectivity index (χ1) is 6.40. The van der Waals surface area contributed by atoms with Crippen molar-refractivity contribution in [3.8, 4) is 0 Å². The maximum atomic E-state index is 11.6. The van der Waals surface area contributed by atoms with E-state index in [1.54, 1.807) is 7.05 Å². The molecule has 0 aliphatic carbocycles. The van der Waals surface area contributed by atoms with E-state index in [-0.39, 0.29) is 11.7 Å². The maximum absolute atomic E-state index is 11.6. The van der Waals surface area contributed by atoms with Crippen LogP contribution in [0, 0.1) is 5.92 Å². The van der Waals surface area contributed by atoms with E-state index in [9.17, 15) is 8.42 Å². The molecule has 0 rings (SSSR count). The first kappa shape index (κ1) is 13.9. The van der Waals surface area contributed by atoms with Gasteiger partial charge in [-0.1, -0.05) is 13.8 Å². The molecule has 4 nitrogen and oxygen atoms in total. The summed E-state index contributed by atoms with van der Waals surface area (Å²) in [7, 11) is 0.475. The van der Waals surface area contributed by atoms with Gasteiger partial charge in [-0.25, -0.2) is 12.7 Å². The van der Waals surface area contributed by atoms with Gasteiger partial charge in [0.25, 0.3) is 0 Å². The van der Waals surface area contributed by atoms with Gasteiger partial charge in [-0.3, -0.25) is 0 Å². The molecular weight excluding hydrogens is 200 g/mol. The smallest absolute Gasteiger partial charge is 0.214 e. The van der Waals surface area contributed by atoms with Gasteiger partial charge in [0.1, 0.15) is 0 Å². The normalized spacial score (nSPS) is 12.7. The van der Waals surface area contributed by atoms with Crippen LogP contribution in [0.25, 0.3) is 0 Å². The summed E-state index contributed by atoms with van der Waals surface area (Å²) in [5, 5.41) is 2.99. The zero-order valence-electron chi connectivity index (χ0n) is 9.58. The minimum Gasteiger partial charge on any atom is -0.320 e. The van der Waals surface area contributed by atoms with Crippen molar-refractivity contribution in [2.24, 2.45) is 5.92 Å². The molecule has 1 N–H and O–H groups in total. The predicted molar refractivity (Wildman–Crippen MR) is 59.8 cm³/mol. The van der Waals surface area contributed by atoms with Crippen LogP contribution in [-0.2, 0) is 10.0 Å². The number of nitrogens with zero attached hydrogens (tertiary/aromatic N) is 1. The van der Waals surface area contributed by atoms with Gasteiger partial charge in [0, 0.05) is 13.6 Å².